The predicted octanol–water partition coefficient (Wildman–Crippen LogP) is -1.62. The van der Waals surface area contributed by atoms with Gasteiger partial charge in [0.05, 0.1) is 19.1 Å². The van der Waals surface area contributed by atoms with Crippen LogP contribution in [-0.2, 0) is 84.8 Å². The summed E-state index contributed by atoms with van der Waals surface area (Å²) in [4.78, 5) is 217. The molecule has 0 aliphatic heterocycles. The maximum absolute atomic E-state index is 14.8. The van der Waals surface area contributed by atoms with Crippen molar-refractivity contribution >= 4 is 112 Å². The highest BCUT2D eigenvalue weighted by molar-refractivity contribution is 7.98. The summed E-state index contributed by atoms with van der Waals surface area (Å²) in [6.07, 6.45) is 0.529. The third kappa shape index (κ3) is 38.7. The molecule has 0 saturated carbocycles. The number of hydrogen-bond acceptors (Lipinski definition) is 20. The summed E-state index contributed by atoms with van der Waals surface area (Å²) in [6, 6.07) is -2.13. The Morgan fingerprint density at radius 1 is 0.385 bits per heavy atom. The summed E-state index contributed by atoms with van der Waals surface area (Å²) in [6.45, 7) is 15.8. The molecule has 25 N–H and O–H groups in total. The number of aliphatic imine (C=N–C) groups is 2. The summed E-state index contributed by atoms with van der Waals surface area (Å²) in [7, 11) is 1.45. The number of amides is 12. The zero-order chi connectivity index (χ0) is 88.2. The Morgan fingerprint density at radius 3 is 1.08 bits per heavy atom. The fourth-order valence-corrected chi connectivity index (χ4v) is 12.6. The number of thioether (sulfide) groups is 1. The van der Waals surface area contributed by atoms with Gasteiger partial charge in [-0.05, 0) is 111 Å². The lowest BCUT2D eigenvalue weighted by Gasteiger charge is -2.31. The van der Waals surface area contributed by atoms with Crippen molar-refractivity contribution in [1.29, 1.82) is 0 Å². The van der Waals surface area contributed by atoms with Crippen molar-refractivity contribution in [3.05, 3.63) is 71.8 Å². The van der Waals surface area contributed by atoms with Crippen LogP contribution in [0.1, 0.15) is 164 Å². The van der Waals surface area contributed by atoms with E-state index in [0.717, 1.165) is 0 Å². The summed E-state index contributed by atoms with van der Waals surface area (Å²) in [5.74, 6) is -18.0. The number of nitrogens with zero attached hydrogens (tertiary/aromatic N) is 2. The van der Waals surface area contributed by atoms with E-state index >= 15 is 0 Å². The largest absolute Gasteiger partial charge is 0.481 e. The monoisotopic (exact) mass is 1670 g/mol. The van der Waals surface area contributed by atoms with E-state index in [9.17, 15) is 92.3 Å². The van der Waals surface area contributed by atoms with Crippen LogP contribution in [0, 0.1) is 29.6 Å². The zero-order valence-corrected chi connectivity index (χ0v) is 69.9. The molecule has 39 heteroatoms. The second-order valence-corrected chi connectivity index (χ2v) is 30.9. The second-order valence-electron chi connectivity index (χ2n) is 29.9. The van der Waals surface area contributed by atoms with E-state index in [1.54, 1.807) is 136 Å². The van der Waals surface area contributed by atoms with E-state index in [1.165, 1.54) is 18.8 Å². The van der Waals surface area contributed by atoms with E-state index in [4.69, 9.17) is 22.9 Å². The van der Waals surface area contributed by atoms with Gasteiger partial charge in [-0.1, -0.05) is 149 Å². The van der Waals surface area contributed by atoms with Crippen LogP contribution in [0.5, 0.6) is 0 Å². The van der Waals surface area contributed by atoms with E-state index in [2.05, 4.69) is 79.1 Å². The van der Waals surface area contributed by atoms with Crippen LogP contribution in [0.4, 0.5) is 0 Å². The Bertz CT molecular complexity index is 3630. The number of hydrogen-bond donors (Lipinski definition) is 21. The lowest BCUT2D eigenvalue weighted by Crippen LogP contribution is -2.63. The third-order valence-electron chi connectivity index (χ3n) is 19.4. The van der Waals surface area contributed by atoms with Gasteiger partial charge in [0.25, 0.3) is 0 Å². The number of aliphatic hydroxyl groups is 1. The number of guanidine groups is 2. The molecular formula is C78H127N19O19S. The average molecular weight is 1670 g/mol. The molecule has 2 rings (SSSR count). The number of nitrogens with one attached hydrogen (secondary N) is 13. The van der Waals surface area contributed by atoms with E-state index in [-0.39, 0.29) is 127 Å². The first-order valence-corrected chi connectivity index (χ1v) is 40.9. The van der Waals surface area contributed by atoms with Crippen molar-refractivity contribution in [3.8, 4) is 0 Å². The molecule has 0 saturated heterocycles. The molecule has 2 aromatic rings. The van der Waals surface area contributed by atoms with Crippen LogP contribution in [-0.4, -0.2) is 238 Å². The lowest BCUT2D eigenvalue weighted by atomic mass is 9.94. The Balaban J connectivity index is 2.56. The van der Waals surface area contributed by atoms with Crippen molar-refractivity contribution in [3.63, 3.8) is 0 Å². The van der Waals surface area contributed by atoms with Crippen LogP contribution in [0.15, 0.2) is 70.6 Å². The van der Waals surface area contributed by atoms with Crippen LogP contribution < -0.4 is 92.1 Å². The number of benzene rings is 2. The van der Waals surface area contributed by atoms with Gasteiger partial charge in [0.1, 0.15) is 72.5 Å². The van der Waals surface area contributed by atoms with Gasteiger partial charge < -0.3 is 112 Å². The second kappa shape index (κ2) is 54.3. The van der Waals surface area contributed by atoms with E-state index in [0.29, 0.717) is 16.9 Å². The Labute approximate surface area is 688 Å². The summed E-state index contributed by atoms with van der Waals surface area (Å²) < 4.78 is 0. The molecule has 0 aliphatic carbocycles. The van der Waals surface area contributed by atoms with Gasteiger partial charge in [-0.15, -0.1) is 0 Å². The Kier molecular flexibility index (Phi) is 47.5. The molecule has 0 bridgehead atoms. The van der Waals surface area contributed by atoms with Crippen LogP contribution in [0.3, 0.4) is 0 Å². The van der Waals surface area contributed by atoms with Crippen molar-refractivity contribution in [2.75, 3.05) is 38.8 Å². The van der Waals surface area contributed by atoms with Crippen LogP contribution >= 0.6 is 11.8 Å². The lowest BCUT2D eigenvalue weighted by molar-refractivity contribution is -0.142. The van der Waals surface area contributed by atoms with Crippen LogP contribution in [0.25, 0.3) is 0 Å². The number of carbonyl (C=O) groups excluding carboxylic acids is 12. The number of carboxylic acid groups (broad SMARTS) is 3. The normalized spacial score (nSPS) is 15.3. The first-order valence-electron chi connectivity index (χ1n) is 39.5. The molecule has 654 valence electrons. The molecule has 0 aliphatic rings. The highest BCUT2D eigenvalue weighted by Crippen LogP contribution is 2.18. The van der Waals surface area contributed by atoms with Crippen LogP contribution in [0.2, 0.25) is 0 Å². The molecule has 38 nitrogen and oxygen atoms in total. The number of nitrogens with two attached hydrogens (primary N) is 4. The van der Waals surface area contributed by atoms with Gasteiger partial charge in [-0.2, -0.15) is 11.8 Å². The van der Waals surface area contributed by atoms with Gasteiger partial charge >= 0.3 is 17.9 Å². The van der Waals surface area contributed by atoms with E-state index < -0.39 is 198 Å². The molecule has 0 radical (unpaired) electrons. The van der Waals surface area contributed by atoms with Crippen molar-refractivity contribution < 1.29 is 92.3 Å². The summed E-state index contributed by atoms with van der Waals surface area (Å²) in [5.41, 5.74) is 23.4. The summed E-state index contributed by atoms with van der Waals surface area (Å²) >= 11 is 1.37. The summed E-state index contributed by atoms with van der Waals surface area (Å²) in [5, 5.41) is 74.3. The molecule has 117 heavy (non-hydrogen) atoms. The smallest absolute Gasteiger partial charge is 0.326 e. The predicted molar refractivity (Wildman–Crippen MR) is 440 cm³/mol. The molecule has 0 fully saturated rings. The first kappa shape index (κ1) is 102. The average Bonchev–Trinajstić information content (AvgIpc) is 0.774. The molecule has 0 aromatic heterocycles. The third-order valence-corrected chi connectivity index (χ3v) is 20.1. The molecule has 2 aromatic carbocycles. The fourth-order valence-electron chi connectivity index (χ4n) is 12.1. The molecule has 12 amide bonds. The molecular weight excluding hydrogens is 1540 g/mol. The molecule has 0 spiro atoms. The Hall–Kier alpha value is -10.7. The van der Waals surface area contributed by atoms with Crippen molar-refractivity contribution in [1.82, 2.24) is 69.1 Å². The fraction of sp³-hybridized carbons (Fsp3) is 0.628. The highest BCUT2D eigenvalue weighted by Gasteiger charge is 2.40. The Morgan fingerprint density at radius 2 is 0.701 bits per heavy atom. The number of carbonyl (C=O) groups is 15. The van der Waals surface area contributed by atoms with Crippen molar-refractivity contribution in [2.45, 2.75) is 244 Å². The maximum Gasteiger partial charge on any atom is 0.326 e. The van der Waals surface area contributed by atoms with E-state index in [1.807, 2.05) is 0 Å². The molecule has 0 heterocycles. The quantitative estimate of drug-likeness (QED) is 0.0201. The van der Waals surface area contributed by atoms with Crippen molar-refractivity contribution in [2.24, 2.45) is 62.5 Å². The van der Waals surface area contributed by atoms with Gasteiger partial charge in [0.15, 0.2) is 11.9 Å². The standard InChI is InChI=1S/C78H127N19O19S/c1-13-44(8)61(95-66(105)50(28-22-33-84-77(79)80)86-65(104)52(32-35-117-12)88-64(103)49(83-11)30-31-59(99)100)74(113)94-58(41-98)72(111)87-51(29-23-34-85-78(81)82)67(106)96-63(46(10)15-3)75(114)97-62(45(9)14-2)73(112)92-54(37-43(6)7)68(107)91-56(40-60(101)102)71(110)90-55(38-47-24-18-16-19-25-47)70(109)89-53(36-42(4)5)69(108)93-57(76(115)116)39-48-26-20-17-21-27-48/h16-21,24-27,42-46,49-58,61-63,83,98H,13-15,22-23,28-41H2,1-12H3,(H,86,104)(H,87,111)(H,88,103)(H,89,109)(H,90,110)(H,91,107)(H,92,112)(H,93,108)(H,94,113)(H,95,105)(H,96,106)(H,97,114)(H,99,100)(H,101,102)(H,115,116)(H4,79,80,84)(H4,81,82,85)/t44-,45-,46-,49-,50-,51-,52-,53-,54-,55-,56-,57-,58-,61-,62-,63-/m0/s1. The number of carboxylic acids is 3. The van der Waals surface area contributed by atoms with Gasteiger partial charge in [-0.25, -0.2) is 4.79 Å². The minimum absolute atomic E-state index is 0.00969. The number of aliphatic carboxylic acids is 3. The topological polar surface area (TPSA) is 622 Å². The molecule has 16 atom stereocenters. The highest BCUT2D eigenvalue weighted by atomic mass is 32.2. The van der Waals surface area contributed by atoms with Gasteiger partial charge in [0.2, 0.25) is 70.9 Å². The molecule has 0 unspecified atom stereocenters. The minimum Gasteiger partial charge on any atom is -0.481 e. The number of likely N-dealkylation sites (N-methyl/N-ethyl adjacent to an activating group) is 1. The maximum atomic E-state index is 14.8. The number of aliphatic hydroxyl groups excluding tert-OH is 1. The number of rotatable bonds is 57. The zero-order valence-electron chi connectivity index (χ0n) is 69.1. The van der Waals surface area contributed by atoms with Gasteiger partial charge in [0, 0.05) is 32.4 Å². The van der Waals surface area contributed by atoms with Gasteiger partial charge in [-0.3, -0.25) is 77.1 Å². The minimum atomic E-state index is -1.90. The first-order chi connectivity index (χ1) is 55.2. The SMILES string of the molecule is CC[C@H](C)[C@H](NC(=O)[C@H](CCCN=C(N)N)NC(=O)[C@H](CCSC)NC(=O)[C@H](CCC(=O)O)NC)C(=O)N[C@@H](CO)C(=O)N[C@@H](CCCN=C(N)N)C(=O)N[C@H](C(=O)N[C@H](C(=O)N[C@@H](CC(C)C)C(=O)N[C@@H](CC(=O)O)C(=O)N[C@@H](Cc1ccccc1)C(=O)N[C@@H](CC(C)C)C(=O)N[C@@H](Cc1ccccc1)C(=O)O)[C@@H](C)CC)[C@@H](C)CC.